The number of benzene rings is 2. The summed E-state index contributed by atoms with van der Waals surface area (Å²) in [6, 6.07) is 10.3. The van der Waals surface area contributed by atoms with Gasteiger partial charge in [-0.15, -0.1) is 0 Å². The van der Waals surface area contributed by atoms with Crippen LogP contribution in [0.25, 0.3) is 0 Å². The summed E-state index contributed by atoms with van der Waals surface area (Å²) < 4.78 is 6.56. The van der Waals surface area contributed by atoms with Crippen LogP contribution in [0, 0.1) is 0 Å². The van der Waals surface area contributed by atoms with Gasteiger partial charge in [0.15, 0.2) is 6.61 Å². The van der Waals surface area contributed by atoms with Crippen molar-refractivity contribution in [3.63, 3.8) is 0 Å². The molecule has 31 heavy (non-hydrogen) atoms. The molecule has 2 aromatic rings. The van der Waals surface area contributed by atoms with Gasteiger partial charge in [0.05, 0.1) is 14.5 Å². The van der Waals surface area contributed by atoms with Crippen LogP contribution in [-0.4, -0.2) is 36.4 Å². The van der Waals surface area contributed by atoms with Gasteiger partial charge in [0.25, 0.3) is 5.91 Å². The van der Waals surface area contributed by atoms with E-state index in [1.165, 1.54) is 4.90 Å². The Bertz CT molecular complexity index is 937. The first-order chi connectivity index (χ1) is 14.7. The molecule has 168 valence electrons. The van der Waals surface area contributed by atoms with Gasteiger partial charge in [0.2, 0.25) is 5.91 Å². The van der Waals surface area contributed by atoms with Gasteiger partial charge in [-0.2, -0.15) is 0 Å². The van der Waals surface area contributed by atoms with Gasteiger partial charge in [-0.3, -0.25) is 9.59 Å². The van der Waals surface area contributed by atoms with Gasteiger partial charge in [-0.05, 0) is 63.7 Å². The van der Waals surface area contributed by atoms with Crippen LogP contribution < -0.4 is 10.1 Å². The first kappa shape index (κ1) is 25.5. The number of carbonyl (C=O) groups excluding carboxylic acids is 2. The normalized spacial score (nSPS) is 11.9. The van der Waals surface area contributed by atoms with E-state index in [1.54, 1.807) is 25.2 Å². The van der Waals surface area contributed by atoms with E-state index in [9.17, 15) is 9.59 Å². The number of amides is 2. The van der Waals surface area contributed by atoms with Crippen molar-refractivity contribution in [2.45, 2.75) is 45.7 Å². The van der Waals surface area contributed by atoms with Crippen molar-refractivity contribution in [1.82, 2.24) is 10.2 Å². The van der Waals surface area contributed by atoms with Crippen molar-refractivity contribution in [1.29, 1.82) is 0 Å². The molecule has 0 fully saturated rings. The van der Waals surface area contributed by atoms with E-state index in [-0.39, 0.29) is 25.0 Å². The molecule has 2 aromatic carbocycles. The third-order valence-corrected chi connectivity index (χ3v) is 6.30. The first-order valence-corrected chi connectivity index (χ1v) is 11.6. The maximum absolute atomic E-state index is 13.1. The first-order valence-electron chi connectivity index (χ1n) is 10.0. The monoisotopic (exact) mass is 528 g/mol. The van der Waals surface area contributed by atoms with Crippen LogP contribution in [0.3, 0.4) is 0 Å². The van der Waals surface area contributed by atoms with E-state index >= 15 is 0 Å². The molecule has 0 aliphatic rings. The molecule has 1 N–H and O–H groups in total. The molecule has 2 amide bonds. The number of halogens is 3. The standard InChI is InChI=1S/C23H27BrCl2N2O3/c1-5-20(23(30)27-4)28(12-15-6-8-18(25)19(26)10-15)22(29)13-31-21-9-7-16(14(2)3)11-17(21)24/h6-11,14,20H,5,12-13H2,1-4H3,(H,27,30)/t20-/m0/s1. The third-order valence-electron chi connectivity index (χ3n) is 4.94. The van der Waals surface area contributed by atoms with Crippen molar-refractivity contribution < 1.29 is 14.3 Å². The highest BCUT2D eigenvalue weighted by atomic mass is 79.9. The largest absolute Gasteiger partial charge is 0.483 e. The van der Waals surface area contributed by atoms with E-state index in [1.807, 2.05) is 25.1 Å². The lowest BCUT2D eigenvalue weighted by molar-refractivity contribution is -0.142. The molecule has 0 unspecified atom stereocenters. The van der Waals surface area contributed by atoms with Gasteiger partial charge >= 0.3 is 0 Å². The van der Waals surface area contributed by atoms with Gasteiger partial charge < -0.3 is 15.0 Å². The highest BCUT2D eigenvalue weighted by Gasteiger charge is 2.28. The summed E-state index contributed by atoms with van der Waals surface area (Å²) in [5.74, 6) is 0.409. The maximum Gasteiger partial charge on any atom is 0.261 e. The minimum atomic E-state index is -0.637. The third kappa shape index (κ3) is 6.86. The van der Waals surface area contributed by atoms with Gasteiger partial charge in [-0.25, -0.2) is 0 Å². The molecule has 0 radical (unpaired) electrons. The van der Waals surface area contributed by atoms with E-state index < -0.39 is 6.04 Å². The second-order valence-electron chi connectivity index (χ2n) is 7.44. The number of hydrogen-bond acceptors (Lipinski definition) is 3. The molecule has 2 rings (SSSR count). The van der Waals surface area contributed by atoms with Gasteiger partial charge in [0.1, 0.15) is 11.8 Å². The Kier molecular flexibility index (Phi) is 9.66. The number of hydrogen-bond donors (Lipinski definition) is 1. The van der Waals surface area contributed by atoms with Gasteiger partial charge in [0, 0.05) is 13.6 Å². The molecule has 0 spiro atoms. The summed E-state index contributed by atoms with van der Waals surface area (Å²) in [4.78, 5) is 27.1. The molecule has 0 aromatic heterocycles. The average Bonchev–Trinajstić information content (AvgIpc) is 2.74. The summed E-state index contributed by atoms with van der Waals surface area (Å²) in [5.41, 5.74) is 1.94. The molecule has 0 saturated heterocycles. The van der Waals surface area contributed by atoms with E-state index in [2.05, 4.69) is 35.1 Å². The fourth-order valence-corrected chi connectivity index (χ4v) is 3.97. The van der Waals surface area contributed by atoms with Crippen LogP contribution in [0.1, 0.15) is 44.2 Å². The number of likely N-dealkylation sites (N-methyl/N-ethyl adjacent to an activating group) is 1. The Hall–Kier alpha value is -1.76. The average molecular weight is 530 g/mol. The fraction of sp³-hybridized carbons (Fsp3) is 0.391. The molecule has 0 bridgehead atoms. The second-order valence-corrected chi connectivity index (χ2v) is 9.11. The Morgan fingerprint density at radius 1 is 1.13 bits per heavy atom. The molecule has 5 nitrogen and oxygen atoms in total. The van der Waals surface area contributed by atoms with E-state index in [0.29, 0.717) is 28.1 Å². The Morgan fingerprint density at radius 2 is 1.84 bits per heavy atom. The van der Waals surface area contributed by atoms with Crippen LogP contribution >= 0.6 is 39.1 Å². The summed E-state index contributed by atoms with van der Waals surface area (Å²) in [5, 5.41) is 3.45. The fourth-order valence-electron chi connectivity index (χ4n) is 3.14. The highest BCUT2D eigenvalue weighted by molar-refractivity contribution is 9.10. The Morgan fingerprint density at radius 3 is 2.39 bits per heavy atom. The predicted octanol–water partition coefficient (Wildman–Crippen LogP) is 5.81. The van der Waals surface area contributed by atoms with Crippen molar-refractivity contribution in [3.05, 3.63) is 62.0 Å². The molecular formula is C23H27BrCl2N2O3. The second kappa shape index (κ2) is 11.7. The predicted molar refractivity (Wildman–Crippen MR) is 129 cm³/mol. The van der Waals surface area contributed by atoms with Crippen molar-refractivity contribution in [3.8, 4) is 5.75 Å². The number of carbonyl (C=O) groups is 2. The minimum Gasteiger partial charge on any atom is -0.483 e. The highest BCUT2D eigenvalue weighted by Crippen LogP contribution is 2.29. The zero-order valence-electron chi connectivity index (χ0n) is 18.0. The molecule has 8 heteroatoms. The Balaban J connectivity index is 2.22. The molecule has 0 aliphatic carbocycles. The van der Waals surface area contributed by atoms with Crippen LogP contribution in [0.5, 0.6) is 5.75 Å². The summed E-state index contributed by atoms with van der Waals surface area (Å²) >= 11 is 15.6. The van der Waals surface area contributed by atoms with Crippen molar-refractivity contribution in [2.75, 3.05) is 13.7 Å². The minimum absolute atomic E-state index is 0.200. The van der Waals surface area contributed by atoms with E-state index in [0.717, 1.165) is 15.6 Å². The smallest absolute Gasteiger partial charge is 0.261 e. The summed E-state index contributed by atoms with van der Waals surface area (Å²) in [6.07, 6.45) is 0.458. The van der Waals surface area contributed by atoms with Crippen molar-refractivity contribution in [2.24, 2.45) is 0 Å². The number of rotatable bonds is 9. The van der Waals surface area contributed by atoms with Crippen LogP contribution in [0.15, 0.2) is 40.9 Å². The lowest BCUT2D eigenvalue weighted by Gasteiger charge is -2.30. The molecule has 1 atom stereocenters. The number of nitrogens with one attached hydrogen (secondary N) is 1. The summed E-state index contributed by atoms with van der Waals surface area (Å²) in [6.45, 7) is 6.08. The van der Waals surface area contributed by atoms with E-state index in [4.69, 9.17) is 27.9 Å². The van der Waals surface area contributed by atoms with Crippen LogP contribution in [0.4, 0.5) is 0 Å². The Labute approximate surface area is 202 Å². The zero-order chi connectivity index (χ0) is 23.1. The summed E-state index contributed by atoms with van der Waals surface area (Å²) in [7, 11) is 1.55. The molecule has 0 saturated carbocycles. The number of ether oxygens (including phenoxy) is 1. The van der Waals surface area contributed by atoms with Gasteiger partial charge in [-0.1, -0.05) is 56.1 Å². The zero-order valence-corrected chi connectivity index (χ0v) is 21.1. The lowest BCUT2D eigenvalue weighted by atomic mass is 10.0. The quantitative estimate of drug-likeness (QED) is 0.445. The molecular weight excluding hydrogens is 503 g/mol. The number of nitrogens with zero attached hydrogens (tertiary/aromatic N) is 1. The van der Waals surface area contributed by atoms with Crippen LogP contribution in [-0.2, 0) is 16.1 Å². The molecule has 0 aliphatic heterocycles. The molecule has 0 heterocycles. The SMILES string of the molecule is CC[C@@H](C(=O)NC)N(Cc1ccc(Cl)c(Cl)c1)C(=O)COc1ccc(C(C)C)cc1Br. The lowest BCUT2D eigenvalue weighted by Crippen LogP contribution is -2.49. The van der Waals surface area contributed by atoms with Crippen LogP contribution in [0.2, 0.25) is 10.0 Å². The van der Waals surface area contributed by atoms with Crippen molar-refractivity contribution >= 4 is 50.9 Å². The topological polar surface area (TPSA) is 58.6 Å². The maximum atomic E-state index is 13.1.